The van der Waals surface area contributed by atoms with E-state index in [-0.39, 0.29) is 53.5 Å². The van der Waals surface area contributed by atoms with E-state index in [1.165, 1.54) is 7.11 Å². The number of rotatable bonds is 10. The third-order valence-corrected chi connectivity index (χ3v) is 7.80. The second kappa shape index (κ2) is 21.3. The quantitative estimate of drug-likeness (QED) is 0.171. The molecule has 13 heteroatoms. The first kappa shape index (κ1) is 45.0. The zero-order valence-corrected chi connectivity index (χ0v) is 31.7. The molecule has 0 bridgehead atoms. The van der Waals surface area contributed by atoms with Crippen LogP contribution >= 0.6 is 0 Å². The van der Waals surface area contributed by atoms with Crippen LogP contribution in [0.15, 0.2) is 24.3 Å². The molecule has 0 atom stereocenters. The maximum atomic E-state index is 12.5. The van der Waals surface area contributed by atoms with E-state index in [4.69, 9.17) is 24.5 Å². The fourth-order valence-corrected chi connectivity index (χ4v) is 5.50. The number of carbonyl (C=O) groups excluding carboxylic acids is 3. The molecule has 4 heterocycles. The number of ether oxygens (including phenoxy) is 3. The van der Waals surface area contributed by atoms with Crippen LogP contribution in [0.1, 0.15) is 117 Å². The largest absolute Gasteiger partial charge is 1.00 e. The number of pyridine rings is 2. The number of hydrogen-bond acceptors (Lipinski definition) is 9. The Labute approximate surface area is 314 Å². The number of carbonyl (C=O) groups is 3. The van der Waals surface area contributed by atoms with Gasteiger partial charge in [0, 0.05) is 45.9 Å². The summed E-state index contributed by atoms with van der Waals surface area (Å²) in [7, 11) is 1.40. The molecule has 0 saturated heterocycles. The first-order valence-corrected chi connectivity index (χ1v) is 17.4. The number of hydrogen-bond donors (Lipinski definition) is 1. The first-order chi connectivity index (χ1) is 22.7. The molecule has 3 radical (unpaired) electrons. The van der Waals surface area contributed by atoms with Crippen LogP contribution in [0.4, 0.5) is 21.2 Å². The second-order valence-corrected chi connectivity index (χ2v) is 14.4. The van der Waals surface area contributed by atoms with Gasteiger partial charge in [-0.15, -0.1) is 0 Å². The van der Waals surface area contributed by atoms with E-state index in [1.807, 2.05) is 47.6 Å². The molecule has 2 aliphatic heterocycles. The van der Waals surface area contributed by atoms with Crippen LogP contribution in [0.2, 0.25) is 0 Å². The molecule has 4 rings (SSSR count). The summed E-state index contributed by atoms with van der Waals surface area (Å²) >= 11 is 0. The van der Waals surface area contributed by atoms with Crippen molar-refractivity contribution >= 4 is 38.2 Å². The Hall–Kier alpha value is -3.07. The molecule has 0 aliphatic carbocycles. The van der Waals surface area contributed by atoms with Gasteiger partial charge in [0.1, 0.15) is 22.8 Å². The van der Waals surface area contributed by atoms with Crippen molar-refractivity contribution < 1.29 is 54.0 Å². The fourth-order valence-electron chi connectivity index (χ4n) is 5.50. The van der Waals surface area contributed by atoms with Crippen molar-refractivity contribution in [2.24, 2.45) is 0 Å². The van der Waals surface area contributed by atoms with Gasteiger partial charge in [-0.2, -0.15) is 0 Å². The summed E-state index contributed by atoms with van der Waals surface area (Å²) in [6.07, 6.45) is 9.56. The average molecular weight is 688 g/mol. The molecule has 50 heavy (non-hydrogen) atoms. The van der Waals surface area contributed by atoms with Crippen LogP contribution in [-0.4, -0.2) is 79.7 Å². The monoisotopic (exact) mass is 687 g/mol. The Balaban J connectivity index is 0.000000929. The van der Waals surface area contributed by atoms with Crippen LogP contribution in [0, 0.1) is 0 Å². The second-order valence-electron chi connectivity index (χ2n) is 14.4. The summed E-state index contributed by atoms with van der Waals surface area (Å²) < 4.78 is 15.7. The summed E-state index contributed by atoms with van der Waals surface area (Å²) in [4.78, 5) is 48.7. The topological polar surface area (TPSA) is 131 Å². The van der Waals surface area contributed by atoms with Crippen molar-refractivity contribution in [2.75, 3.05) is 36.6 Å². The van der Waals surface area contributed by atoms with Gasteiger partial charge < -0.3 is 20.7 Å². The summed E-state index contributed by atoms with van der Waals surface area (Å²) in [5.41, 5.74) is 3.09. The standard InChI is InChI=1S/C19H28N2O4.C18H28N2O3.B.Li.H/c1-19(2,3)25-18(23)21-13-7-8-14-11-12-15(20-17(14)21)9-5-6-10-16(22)24-4;1-18(2,3)23-17(22)20-12-7-8-14-10-11-15(19-16(14)20)9-5-4-6-13-21;;;/h11-12H,5-10,13H2,1-4H3;10-11,21H,4-9,12-13H2,1-3H3;;;/q;;;+1;-1. The Bertz CT molecular complexity index is 1390. The zero-order valence-electron chi connectivity index (χ0n) is 32.7. The molecule has 2 aromatic heterocycles. The molecule has 0 aromatic carbocycles. The third-order valence-electron chi connectivity index (χ3n) is 7.80. The maximum absolute atomic E-state index is 12.5. The van der Waals surface area contributed by atoms with E-state index < -0.39 is 11.2 Å². The SMILES string of the molecule is CC(C)(C)OC(=O)N1CCCc2ccc(CCCCCO)nc21.COC(=O)CCCCc1ccc2c(n1)N(C(=O)OC(C)(C)C)CCC2.[B].[H-].[Li+]. The number of amides is 2. The van der Waals surface area contributed by atoms with Gasteiger partial charge in [-0.25, -0.2) is 19.6 Å². The van der Waals surface area contributed by atoms with Crippen molar-refractivity contribution in [3.8, 4) is 0 Å². The molecule has 2 aromatic rings. The van der Waals surface area contributed by atoms with Gasteiger partial charge in [0.2, 0.25) is 0 Å². The Kier molecular flexibility index (Phi) is 19.2. The maximum Gasteiger partial charge on any atom is 1.00 e. The number of fused-ring (bicyclic) bond motifs is 2. The van der Waals surface area contributed by atoms with E-state index in [1.54, 1.807) is 9.80 Å². The van der Waals surface area contributed by atoms with Crippen LogP contribution < -0.4 is 28.7 Å². The van der Waals surface area contributed by atoms with Gasteiger partial charge in [0.25, 0.3) is 0 Å². The molecule has 0 spiro atoms. The predicted octanol–water partition coefficient (Wildman–Crippen LogP) is 3.87. The molecule has 2 aliphatic rings. The van der Waals surface area contributed by atoms with Crippen LogP contribution in [0.25, 0.3) is 0 Å². The summed E-state index contributed by atoms with van der Waals surface area (Å²) in [6, 6.07) is 8.20. The minimum atomic E-state index is -0.528. The molecule has 11 nitrogen and oxygen atoms in total. The van der Waals surface area contributed by atoms with Gasteiger partial charge in [0.05, 0.1) is 7.11 Å². The molecular formula is C37H57BLiN4O7. The first-order valence-electron chi connectivity index (χ1n) is 17.4. The number of nitrogens with zero attached hydrogens (tertiary/aromatic N) is 4. The molecule has 0 saturated carbocycles. The number of esters is 1. The minimum Gasteiger partial charge on any atom is -1.00 e. The third kappa shape index (κ3) is 15.0. The van der Waals surface area contributed by atoms with Gasteiger partial charge in [-0.3, -0.25) is 14.6 Å². The van der Waals surface area contributed by atoms with Gasteiger partial charge in [-0.1, -0.05) is 18.6 Å². The Morgan fingerprint density at radius 1 is 0.740 bits per heavy atom. The number of unbranched alkanes of at least 4 members (excludes halogenated alkanes) is 3. The molecule has 0 unspecified atom stereocenters. The number of aromatic nitrogens is 2. The molecular weight excluding hydrogens is 630 g/mol. The van der Waals surface area contributed by atoms with Gasteiger partial charge in [0.15, 0.2) is 0 Å². The van der Waals surface area contributed by atoms with Crippen molar-refractivity contribution in [3.63, 3.8) is 0 Å². The number of anilines is 2. The molecule has 271 valence electrons. The summed E-state index contributed by atoms with van der Waals surface area (Å²) in [5, 5.41) is 8.84. The Morgan fingerprint density at radius 2 is 1.18 bits per heavy atom. The van der Waals surface area contributed by atoms with Crippen LogP contribution in [-0.2, 0) is 44.7 Å². The van der Waals surface area contributed by atoms with E-state index >= 15 is 0 Å². The summed E-state index contributed by atoms with van der Waals surface area (Å²) in [6.45, 7) is 12.7. The predicted molar refractivity (Wildman–Crippen MR) is 193 cm³/mol. The normalized spacial score (nSPS) is 13.7. The molecule has 2 amide bonds. The number of aliphatic hydroxyl groups excluding tert-OH is 1. The number of aryl methyl sites for hydroxylation is 4. The average Bonchev–Trinajstić information content (AvgIpc) is 3.03. The van der Waals surface area contributed by atoms with E-state index in [2.05, 4.69) is 22.9 Å². The van der Waals surface area contributed by atoms with Crippen molar-refractivity contribution in [1.82, 2.24) is 9.97 Å². The van der Waals surface area contributed by atoms with Crippen molar-refractivity contribution in [2.45, 2.75) is 130 Å². The Morgan fingerprint density at radius 3 is 1.58 bits per heavy atom. The molecule has 1 N–H and O–H groups in total. The smallest absolute Gasteiger partial charge is 1.00 e. The fraction of sp³-hybridized carbons (Fsp3) is 0.649. The van der Waals surface area contributed by atoms with Crippen LogP contribution in [0.3, 0.4) is 0 Å². The number of aliphatic hydroxyl groups is 1. The van der Waals surface area contributed by atoms with E-state index in [0.29, 0.717) is 25.3 Å². The van der Waals surface area contributed by atoms with Crippen molar-refractivity contribution in [3.05, 3.63) is 46.8 Å². The van der Waals surface area contributed by atoms with Gasteiger partial charge >= 0.3 is 37.0 Å². The molecule has 0 fully saturated rings. The van der Waals surface area contributed by atoms with E-state index in [9.17, 15) is 14.4 Å². The summed E-state index contributed by atoms with van der Waals surface area (Å²) in [5.74, 6) is 1.28. The van der Waals surface area contributed by atoms with E-state index in [0.717, 1.165) is 99.0 Å². The zero-order chi connectivity index (χ0) is 35.3. The van der Waals surface area contributed by atoms with Crippen molar-refractivity contribution in [1.29, 1.82) is 0 Å². The van der Waals surface area contributed by atoms with Gasteiger partial charge in [-0.05, 0) is 129 Å². The van der Waals surface area contributed by atoms with Crippen LogP contribution in [0.5, 0.6) is 0 Å². The number of methoxy groups -OCH3 is 1. The minimum absolute atomic E-state index is 0.